The van der Waals surface area contributed by atoms with Crippen LogP contribution in [0.15, 0.2) is 12.5 Å². The number of imidazole rings is 1. The SMILES string of the molecule is NCCCCC(N)C(=O)NC(CCCCN)C(=O)NC(Cc1cnc[nH]1)C(=O)NC(CCC(=O)O)C(=O)O. The molecule has 12 N–H and O–H groups in total. The van der Waals surface area contributed by atoms with E-state index in [1.54, 1.807) is 0 Å². The molecule has 1 aromatic rings. The fourth-order valence-electron chi connectivity index (χ4n) is 3.58. The number of rotatable bonds is 20. The Bertz CT molecular complexity index is 896. The zero-order valence-electron chi connectivity index (χ0n) is 21.4. The maximum atomic E-state index is 13.2. The molecule has 0 aliphatic heterocycles. The molecule has 0 aliphatic rings. The summed E-state index contributed by atoms with van der Waals surface area (Å²) in [5.74, 6) is -4.66. The lowest BCUT2D eigenvalue weighted by molar-refractivity contribution is -0.143. The maximum Gasteiger partial charge on any atom is 0.326 e. The number of hydrogen-bond donors (Lipinski definition) is 9. The Morgan fingerprint density at radius 2 is 1.39 bits per heavy atom. The first-order valence-corrected chi connectivity index (χ1v) is 12.6. The van der Waals surface area contributed by atoms with Crippen LogP contribution in [0, 0.1) is 0 Å². The number of aromatic amines is 1. The van der Waals surface area contributed by atoms with Crippen molar-refractivity contribution >= 4 is 29.7 Å². The topological polar surface area (TPSA) is 269 Å². The summed E-state index contributed by atoms with van der Waals surface area (Å²) in [5.41, 5.74) is 17.5. The van der Waals surface area contributed by atoms with Gasteiger partial charge in [-0.05, 0) is 51.6 Å². The van der Waals surface area contributed by atoms with Gasteiger partial charge in [-0.25, -0.2) is 9.78 Å². The summed E-state index contributed by atoms with van der Waals surface area (Å²) in [6.45, 7) is 0.857. The summed E-state index contributed by atoms with van der Waals surface area (Å²) < 4.78 is 0. The molecular formula is C23H40N8O7. The third-order valence-corrected chi connectivity index (χ3v) is 5.76. The Morgan fingerprint density at radius 3 is 1.95 bits per heavy atom. The summed E-state index contributed by atoms with van der Waals surface area (Å²) in [6, 6.07) is -4.59. The molecule has 4 unspecified atom stereocenters. The van der Waals surface area contributed by atoms with Crippen molar-refractivity contribution < 1.29 is 34.2 Å². The summed E-state index contributed by atoms with van der Waals surface area (Å²) in [7, 11) is 0. The highest BCUT2D eigenvalue weighted by molar-refractivity contribution is 5.94. The zero-order chi connectivity index (χ0) is 28.5. The number of carbonyl (C=O) groups excluding carboxylic acids is 3. The number of H-pyrrole nitrogens is 1. The lowest BCUT2D eigenvalue weighted by atomic mass is 10.0. The number of carboxylic acids is 2. The Kier molecular flexibility index (Phi) is 15.2. The molecule has 214 valence electrons. The predicted octanol–water partition coefficient (Wildman–Crippen LogP) is -2.06. The number of carboxylic acid groups (broad SMARTS) is 2. The minimum absolute atomic E-state index is 0.0646. The van der Waals surface area contributed by atoms with Gasteiger partial charge in [0.1, 0.15) is 18.1 Å². The van der Waals surface area contributed by atoms with Crippen molar-refractivity contribution in [3.63, 3.8) is 0 Å². The molecule has 0 spiro atoms. The summed E-state index contributed by atoms with van der Waals surface area (Å²) in [6.07, 6.45) is 5.02. The van der Waals surface area contributed by atoms with E-state index < -0.39 is 60.2 Å². The fourth-order valence-corrected chi connectivity index (χ4v) is 3.58. The third kappa shape index (κ3) is 12.6. The van der Waals surface area contributed by atoms with Gasteiger partial charge in [0.2, 0.25) is 17.7 Å². The minimum atomic E-state index is -1.48. The lowest BCUT2D eigenvalue weighted by Gasteiger charge is -2.25. The summed E-state index contributed by atoms with van der Waals surface area (Å²) in [5, 5.41) is 25.8. The smallest absolute Gasteiger partial charge is 0.326 e. The van der Waals surface area contributed by atoms with Gasteiger partial charge in [-0.2, -0.15) is 0 Å². The number of hydrogen-bond acceptors (Lipinski definition) is 9. The van der Waals surface area contributed by atoms with Crippen LogP contribution in [-0.2, 0) is 30.4 Å². The van der Waals surface area contributed by atoms with Gasteiger partial charge < -0.3 is 48.3 Å². The van der Waals surface area contributed by atoms with Crippen molar-refractivity contribution in [3.8, 4) is 0 Å². The van der Waals surface area contributed by atoms with Gasteiger partial charge in [-0.15, -0.1) is 0 Å². The van der Waals surface area contributed by atoms with Crippen LogP contribution in [0.25, 0.3) is 0 Å². The van der Waals surface area contributed by atoms with Crippen LogP contribution in [-0.4, -0.2) is 87.1 Å². The van der Waals surface area contributed by atoms with Gasteiger partial charge >= 0.3 is 11.9 Å². The van der Waals surface area contributed by atoms with E-state index in [1.165, 1.54) is 12.5 Å². The number of nitrogens with two attached hydrogens (primary N) is 3. The van der Waals surface area contributed by atoms with E-state index in [9.17, 15) is 29.1 Å². The minimum Gasteiger partial charge on any atom is -0.481 e. The van der Waals surface area contributed by atoms with Crippen LogP contribution in [0.2, 0.25) is 0 Å². The molecule has 0 radical (unpaired) electrons. The standard InChI is InChI=1S/C23H40N8O7/c24-9-3-1-5-15(26)20(34)29-16(6-2-4-10-25)21(35)31-18(11-14-12-27-13-28-14)22(36)30-17(23(37)38)7-8-19(32)33/h12-13,15-18H,1-11,24-26H2,(H,27,28)(H,29,34)(H,30,36)(H,31,35)(H,32,33)(H,37,38). The largest absolute Gasteiger partial charge is 0.481 e. The molecule has 15 nitrogen and oxygen atoms in total. The van der Waals surface area contributed by atoms with Crippen LogP contribution in [0.4, 0.5) is 0 Å². The molecule has 0 fully saturated rings. The second kappa shape index (κ2) is 17.8. The molecule has 0 saturated heterocycles. The van der Waals surface area contributed by atoms with E-state index in [2.05, 4.69) is 25.9 Å². The van der Waals surface area contributed by atoms with Gasteiger partial charge in [0.05, 0.1) is 12.4 Å². The van der Waals surface area contributed by atoms with Gasteiger partial charge in [-0.3, -0.25) is 19.2 Å². The number of carbonyl (C=O) groups is 5. The molecule has 15 heteroatoms. The van der Waals surface area contributed by atoms with Crippen LogP contribution in [0.1, 0.15) is 57.1 Å². The molecule has 1 heterocycles. The fraction of sp³-hybridized carbons (Fsp3) is 0.652. The van der Waals surface area contributed by atoms with Crippen molar-refractivity contribution in [2.24, 2.45) is 17.2 Å². The molecule has 0 aliphatic carbocycles. The van der Waals surface area contributed by atoms with Gasteiger partial charge in [0.15, 0.2) is 0 Å². The number of nitrogens with zero attached hydrogens (tertiary/aromatic N) is 1. The Balaban J connectivity index is 3.02. The third-order valence-electron chi connectivity index (χ3n) is 5.76. The lowest BCUT2D eigenvalue weighted by Crippen LogP contribution is -2.57. The molecule has 0 saturated carbocycles. The second-order valence-corrected chi connectivity index (χ2v) is 8.91. The van der Waals surface area contributed by atoms with E-state index >= 15 is 0 Å². The molecular weight excluding hydrogens is 500 g/mol. The Hall–Kier alpha value is -3.56. The molecule has 1 aromatic heterocycles. The first-order chi connectivity index (χ1) is 18.1. The number of nitrogens with one attached hydrogen (secondary N) is 4. The quantitative estimate of drug-likeness (QED) is 0.0811. The Labute approximate surface area is 220 Å². The maximum absolute atomic E-state index is 13.2. The first kappa shape index (κ1) is 32.5. The highest BCUT2D eigenvalue weighted by atomic mass is 16.4. The molecule has 3 amide bonds. The average Bonchev–Trinajstić information content (AvgIpc) is 3.38. The Morgan fingerprint density at radius 1 is 0.816 bits per heavy atom. The van der Waals surface area contributed by atoms with Crippen LogP contribution < -0.4 is 33.2 Å². The number of aromatic nitrogens is 2. The van der Waals surface area contributed by atoms with Crippen molar-refractivity contribution in [1.82, 2.24) is 25.9 Å². The van der Waals surface area contributed by atoms with Crippen molar-refractivity contribution in [3.05, 3.63) is 18.2 Å². The van der Waals surface area contributed by atoms with Crippen LogP contribution in [0.3, 0.4) is 0 Å². The van der Waals surface area contributed by atoms with Gasteiger partial charge in [0, 0.05) is 24.7 Å². The van der Waals surface area contributed by atoms with E-state index in [4.69, 9.17) is 22.3 Å². The van der Waals surface area contributed by atoms with E-state index in [0.717, 1.165) is 0 Å². The normalized spacial score (nSPS) is 14.1. The van der Waals surface area contributed by atoms with Crippen molar-refractivity contribution in [1.29, 1.82) is 0 Å². The first-order valence-electron chi connectivity index (χ1n) is 12.6. The molecule has 0 aromatic carbocycles. The van der Waals surface area contributed by atoms with E-state index in [1.807, 2.05) is 0 Å². The van der Waals surface area contributed by atoms with E-state index in [-0.39, 0.29) is 19.3 Å². The summed E-state index contributed by atoms with van der Waals surface area (Å²) in [4.78, 5) is 68.0. The number of amides is 3. The predicted molar refractivity (Wildman–Crippen MR) is 136 cm³/mol. The van der Waals surface area contributed by atoms with Crippen LogP contribution in [0.5, 0.6) is 0 Å². The molecule has 38 heavy (non-hydrogen) atoms. The number of aliphatic carboxylic acids is 2. The van der Waals surface area contributed by atoms with E-state index in [0.29, 0.717) is 50.9 Å². The number of unbranched alkanes of at least 4 members (excludes halogenated alkanes) is 2. The molecule has 0 bridgehead atoms. The zero-order valence-corrected chi connectivity index (χ0v) is 21.4. The monoisotopic (exact) mass is 540 g/mol. The summed E-state index contributed by atoms with van der Waals surface area (Å²) >= 11 is 0. The van der Waals surface area contributed by atoms with Gasteiger partial charge in [-0.1, -0.05) is 6.42 Å². The highest BCUT2D eigenvalue weighted by Gasteiger charge is 2.30. The highest BCUT2D eigenvalue weighted by Crippen LogP contribution is 2.07. The van der Waals surface area contributed by atoms with Crippen molar-refractivity contribution in [2.75, 3.05) is 13.1 Å². The molecule has 4 atom stereocenters. The van der Waals surface area contributed by atoms with Crippen molar-refractivity contribution in [2.45, 2.75) is 82.0 Å². The average molecular weight is 541 g/mol. The van der Waals surface area contributed by atoms with Crippen LogP contribution >= 0.6 is 0 Å². The second-order valence-electron chi connectivity index (χ2n) is 8.91. The van der Waals surface area contributed by atoms with Gasteiger partial charge in [0.25, 0.3) is 0 Å². The molecule has 1 rings (SSSR count).